The van der Waals surface area contributed by atoms with Crippen molar-refractivity contribution in [3.8, 4) is 5.06 Å². The fraction of sp³-hybridized carbons (Fsp3) is 0.714. The van der Waals surface area contributed by atoms with Gasteiger partial charge in [0.2, 0.25) is 0 Å². The molecule has 0 aliphatic carbocycles. The SMILES string of the molecule is CCOP(=O)(OCC)OCCc1ccc(OC(C)(C)C)s1. The van der Waals surface area contributed by atoms with Crippen LogP contribution in [0.3, 0.4) is 0 Å². The lowest BCUT2D eigenvalue weighted by molar-refractivity contribution is 0.123. The summed E-state index contributed by atoms with van der Waals surface area (Å²) in [5.74, 6) is 0. The number of thiophene rings is 1. The molecule has 1 aromatic heterocycles. The van der Waals surface area contributed by atoms with Crippen LogP contribution in [0.1, 0.15) is 39.5 Å². The van der Waals surface area contributed by atoms with Crippen molar-refractivity contribution in [1.29, 1.82) is 0 Å². The number of phosphoric acid groups is 1. The van der Waals surface area contributed by atoms with Gasteiger partial charge in [-0.1, -0.05) is 0 Å². The Hall–Kier alpha value is -0.390. The minimum Gasteiger partial charge on any atom is -0.479 e. The molecule has 0 amide bonds. The average Bonchev–Trinajstić information content (AvgIpc) is 2.74. The Morgan fingerprint density at radius 2 is 1.71 bits per heavy atom. The van der Waals surface area contributed by atoms with Gasteiger partial charge in [0.05, 0.1) is 19.8 Å². The minimum atomic E-state index is -3.41. The summed E-state index contributed by atoms with van der Waals surface area (Å²) >= 11 is 1.56. The lowest BCUT2D eigenvalue weighted by atomic mass is 10.2. The molecule has 21 heavy (non-hydrogen) atoms. The van der Waals surface area contributed by atoms with Gasteiger partial charge in [-0.3, -0.25) is 13.6 Å². The van der Waals surface area contributed by atoms with Gasteiger partial charge in [0.15, 0.2) is 5.06 Å². The normalized spacial score (nSPS) is 12.6. The monoisotopic (exact) mass is 336 g/mol. The van der Waals surface area contributed by atoms with Crippen LogP contribution < -0.4 is 4.74 Å². The van der Waals surface area contributed by atoms with E-state index in [0.717, 1.165) is 9.94 Å². The molecular formula is C14H25O5PS. The molecule has 0 aliphatic rings. The molecule has 7 heteroatoms. The zero-order chi connectivity index (χ0) is 15.9. The molecule has 0 spiro atoms. The Balaban J connectivity index is 2.46. The molecule has 0 aliphatic heterocycles. The summed E-state index contributed by atoms with van der Waals surface area (Å²) in [5.41, 5.74) is -0.210. The third-order valence-corrected chi connectivity index (χ3v) is 4.89. The topological polar surface area (TPSA) is 54.0 Å². The van der Waals surface area contributed by atoms with Crippen molar-refractivity contribution >= 4 is 19.2 Å². The Bertz CT molecular complexity index is 456. The molecule has 0 bridgehead atoms. The highest BCUT2D eigenvalue weighted by Gasteiger charge is 2.25. The minimum absolute atomic E-state index is 0.210. The van der Waals surface area contributed by atoms with Crippen molar-refractivity contribution in [2.24, 2.45) is 0 Å². The van der Waals surface area contributed by atoms with E-state index in [-0.39, 0.29) is 12.2 Å². The Kier molecular flexibility index (Phi) is 7.37. The van der Waals surface area contributed by atoms with Gasteiger partial charge in [-0.2, -0.15) is 0 Å². The van der Waals surface area contributed by atoms with Gasteiger partial charge in [-0.05, 0) is 46.8 Å². The molecule has 0 aromatic carbocycles. The Labute approximate surface area is 131 Å². The summed E-state index contributed by atoms with van der Waals surface area (Å²) in [7, 11) is -3.41. The molecule has 1 aromatic rings. The predicted molar refractivity (Wildman–Crippen MR) is 85.2 cm³/mol. The van der Waals surface area contributed by atoms with Gasteiger partial charge in [0, 0.05) is 11.3 Å². The Morgan fingerprint density at radius 1 is 1.10 bits per heavy atom. The van der Waals surface area contributed by atoms with Crippen LogP contribution >= 0.6 is 19.2 Å². The van der Waals surface area contributed by atoms with E-state index < -0.39 is 7.82 Å². The highest BCUT2D eigenvalue weighted by Crippen LogP contribution is 2.49. The molecule has 1 heterocycles. The van der Waals surface area contributed by atoms with Crippen LogP contribution in [0.25, 0.3) is 0 Å². The van der Waals surface area contributed by atoms with Gasteiger partial charge in [-0.15, -0.1) is 11.3 Å². The number of hydrogen-bond acceptors (Lipinski definition) is 6. The van der Waals surface area contributed by atoms with Gasteiger partial charge in [0.1, 0.15) is 5.60 Å². The Morgan fingerprint density at radius 3 is 2.24 bits per heavy atom. The van der Waals surface area contributed by atoms with Gasteiger partial charge in [-0.25, -0.2) is 4.57 Å². The van der Waals surface area contributed by atoms with Crippen molar-refractivity contribution in [3.05, 3.63) is 17.0 Å². The first kappa shape index (κ1) is 18.7. The van der Waals surface area contributed by atoms with Crippen LogP contribution in [0, 0.1) is 0 Å². The fourth-order valence-corrected chi connectivity index (χ4v) is 3.71. The smallest absolute Gasteiger partial charge is 0.474 e. The zero-order valence-corrected chi connectivity index (χ0v) is 15.1. The van der Waals surface area contributed by atoms with Crippen LogP contribution in [-0.2, 0) is 24.6 Å². The van der Waals surface area contributed by atoms with E-state index in [4.69, 9.17) is 18.3 Å². The van der Waals surface area contributed by atoms with E-state index in [1.165, 1.54) is 0 Å². The molecule has 0 unspecified atom stereocenters. The molecular weight excluding hydrogens is 311 g/mol. The lowest BCUT2D eigenvalue weighted by Crippen LogP contribution is -2.22. The molecule has 122 valence electrons. The highest BCUT2D eigenvalue weighted by atomic mass is 32.1. The van der Waals surface area contributed by atoms with Crippen LogP contribution in [-0.4, -0.2) is 25.4 Å². The molecule has 0 atom stereocenters. The predicted octanol–water partition coefficient (Wildman–Crippen LogP) is 4.67. The molecule has 5 nitrogen and oxygen atoms in total. The fourth-order valence-electron chi connectivity index (χ4n) is 1.54. The van der Waals surface area contributed by atoms with Crippen molar-refractivity contribution in [2.75, 3.05) is 19.8 Å². The largest absolute Gasteiger partial charge is 0.479 e. The van der Waals surface area contributed by atoms with E-state index in [9.17, 15) is 4.57 Å². The summed E-state index contributed by atoms with van der Waals surface area (Å²) in [6, 6.07) is 3.93. The summed E-state index contributed by atoms with van der Waals surface area (Å²) in [6.07, 6.45) is 0.641. The number of phosphoric ester groups is 1. The quantitative estimate of drug-likeness (QED) is 0.614. The molecule has 0 fully saturated rings. The maximum atomic E-state index is 12.1. The van der Waals surface area contributed by atoms with Crippen molar-refractivity contribution in [1.82, 2.24) is 0 Å². The van der Waals surface area contributed by atoms with Crippen molar-refractivity contribution in [2.45, 2.75) is 46.6 Å². The van der Waals surface area contributed by atoms with E-state index in [1.54, 1.807) is 25.2 Å². The van der Waals surface area contributed by atoms with E-state index in [1.807, 2.05) is 32.9 Å². The number of rotatable bonds is 9. The van der Waals surface area contributed by atoms with E-state index in [2.05, 4.69) is 0 Å². The standard InChI is InChI=1S/C14H25O5PS/c1-6-16-20(15,17-7-2)18-11-10-12-8-9-13(21-12)19-14(3,4)5/h8-9H,6-7,10-11H2,1-5H3. The number of hydrogen-bond donors (Lipinski definition) is 0. The molecule has 0 saturated carbocycles. The maximum absolute atomic E-state index is 12.1. The maximum Gasteiger partial charge on any atom is 0.474 e. The van der Waals surface area contributed by atoms with Crippen LogP contribution in [0.2, 0.25) is 0 Å². The van der Waals surface area contributed by atoms with Gasteiger partial charge >= 0.3 is 7.82 Å². The first-order valence-electron chi connectivity index (χ1n) is 7.09. The first-order valence-corrected chi connectivity index (χ1v) is 9.37. The summed E-state index contributed by atoms with van der Waals surface area (Å²) in [5, 5.41) is 0.871. The van der Waals surface area contributed by atoms with Crippen molar-refractivity contribution < 1.29 is 22.9 Å². The van der Waals surface area contributed by atoms with Gasteiger partial charge in [0.25, 0.3) is 0 Å². The molecule has 0 saturated heterocycles. The van der Waals surface area contributed by atoms with Gasteiger partial charge < -0.3 is 4.74 Å². The van der Waals surface area contributed by atoms with Crippen LogP contribution in [0.4, 0.5) is 0 Å². The van der Waals surface area contributed by atoms with Crippen LogP contribution in [0.15, 0.2) is 12.1 Å². The third kappa shape index (κ3) is 7.43. The second-order valence-electron chi connectivity index (χ2n) is 5.30. The third-order valence-electron chi connectivity index (χ3n) is 2.22. The zero-order valence-electron chi connectivity index (χ0n) is 13.4. The van der Waals surface area contributed by atoms with E-state index in [0.29, 0.717) is 19.6 Å². The average molecular weight is 336 g/mol. The summed E-state index contributed by atoms with van der Waals surface area (Å²) in [4.78, 5) is 1.11. The molecule has 0 radical (unpaired) electrons. The van der Waals surface area contributed by atoms with Crippen LogP contribution in [0.5, 0.6) is 5.06 Å². The second kappa shape index (κ2) is 8.30. The molecule has 0 N–H and O–H groups in total. The van der Waals surface area contributed by atoms with Crippen molar-refractivity contribution in [3.63, 3.8) is 0 Å². The molecule has 1 rings (SSSR count). The van der Waals surface area contributed by atoms with E-state index >= 15 is 0 Å². The highest BCUT2D eigenvalue weighted by molar-refractivity contribution is 7.48. The summed E-state index contributed by atoms with van der Waals surface area (Å²) < 4.78 is 33.3. The first-order chi connectivity index (χ1) is 9.78. The number of ether oxygens (including phenoxy) is 1. The summed E-state index contributed by atoms with van der Waals surface area (Å²) in [6.45, 7) is 10.4. The second-order valence-corrected chi connectivity index (χ2v) is 8.10. The lowest BCUT2D eigenvalue weighted by Gasteiger charge is -2.19.